The van der Waals surface area contributed by atoms with Crippen LogP contribution in [0.3, 0.4) is 0 Å². The molecule has 0 aromatic rings. The Bertz CT molecular complexity index is 409. The molecule has 2 aliphatic heterocycles. The number of rotatable bonds is 2. The van der Waals surface area contributed by atoms with Gasteiger partial charge in [0.25, 0.3) is 5.91 Å². The first-order valence-electron chi connectivity index (χ1n) is 7.45. The van der Waals surface area contributed by atoms with Crippen molar-refractivity contribution >= 4 is 5.91 Å². The smallest absolute Gasteiger partial charge is 0.381 e. The molecule has 0 saturated carbocycles. The molecule has 2 rings (SSSR count). The van der Waals surface area contributed by atoms with Gasteiger partial charge < -0.3 is 19.5 Å². The van der Waals surface area contributed by atoms with Crippen molar-refractivity contribution in [3.05, 3.63) is 0 Å². The molecule has 128 valence electrons. The third-order valence-corrected chi connectivity index (χ3v) is 4.71. The van der Waals surface area contributed by atoms with Gasteiger partial charge in [0, 0.05) is 52.7 Å². The first kappa shape index (κ1) is 17.5. The van der Waals surface area contributed by atoms with Crippen molar-refractivity contribution in [2.75, 3.05) is 33.4 Å². The molecule has 8 heteroatoms. The lowest BCUT2D eigenvalue weighted by Crippen LogP contribution is -2.54. The Balaban J connectivity index is 2.08. The number of amides is 1. The number of aliphatic hydroxyl groups is 1. The fourth-order valence-corrected chi connectivity index (χ4v) is 3.10. The summed E-state index contributed by atoms with van der Waals surface area (Å²) in [6.45, 7) is 0.851. The monoisotopic (exact) mass is 325 g/mol. The maximum Gasteiger partial charge on any atom is 0.417 e. The van der Waals surface area contributed by atoms with E-state index in [0.717, 1.165) is 0 Å². The first-order valence-corrected chi connectivity index (χ1v) is 7.45. The summed E-state index contributed by atoms with van der Waals surface area (Å²) >= 11 is 0. The van der Waals surface area contributed by atoms with E-state index in [4.69, 9.17) is 9.47 Å². The van der Waals surface area contributed by atoms with Crippen molar-refractivity contribution in [1.82, 2.24) is 4.90 Å². The Labute approximate surface area is 127 Å². The maximum absolute atomic E-state index is 12.9. The lowest BCUT2D eigenvalue weighted by molar-refractivity contribution is -0.263. The molecule has 0 spiro atoms. The van der Waals surface area contributed by atoms with E-state index in [1.165, 1.54) is 12.0 Å². The van der Waals surface area contributed by atoms with Gasteiger partial charge in [-0.2, -0.15) is 13.2 Å². The SMILES string of the molecule is COC1(C(=O)N2CCCC(O)(C(F)(F)F)CC2)CCOCC1. The lowest BCUT2D eigenvalue weighted by Gasteiger charge is -2.38. The van der Waals surface area contributed by atoms with Crippen LogP contribution in [0, 0.1) is 0 Å². The van der Waals surface area contributed by atoms with Crippen molar-refractivity contribution in [3.63, 3.8) is 0 Å². The van der Waals surface area contributed by atoms with Crippen LogP contribution in [0.25, 0.3) is 0 Å². The van der Waals surface area contributed by atoms with Crippen molar-refractivity contribution in [3.8, 4) is 0 Å². The third-order valence-electron chi connectivity index (χ3n) is 4.71. The molecule has 1 amide bonds. The molecule has 2 saturated heterocycles. The molecule has 5 nitrogen and oxygen atoms in total. The van der Waals surface area contributed by atoms with Crippen LogP contribution in [0.1, 0.15) is 32.1 Å². The molecule has 0 bridgehead atoms. The number of hydrogen-bond acceptors (Lipinski definition) is 4. The summed E-state index contributed by atoms with van der Waals surface area (Å²) in [6, 6.07) is 0. The number of likely N-dealkylation sites (tertiary alicyclic amines) is 1. The Morgan fingerprint density at radius 1 is 1.18 bits per heavy atom. The highest BCUT2D eigenvalue weighted by atomic mass is 19.4. The minimum atomic E-state index is -4.68. The van der Waals surface area contributed by atoms with E-state index >= 15 is 0 Å². The fraction of sp³-hybridized carbons (Fsp3) is 0.929. The zero-order valence-electron chi connectivity index (χ0n) is 12.6. The molecular formula is C14H22F3NO4. The molecule has 1 atom stereocenters. The maximum atomic E-state index is 12.9. The van der Waals surface area contributed by atoms with Gasteiger partial charge in [0.15, 0.2) is 11.2 Å². The molecule has 0 radical (unpaired) electrons. The Kier molecular flexibility index (Phi) is 5.03. The van der Waals surface area contributed by atoms with Gasteiger partial charge in [0.05, 0.1) is 0 Å². The molecule has 2 aliphatic rings. The van der Waals surface area contributed by atoms with Gasteiger partial charge in [0.2, 0.25) is 0 Å². The summed E-state index contributed by atoms with van der Waals surface area (Å²) < 4.78 is 49.4. The predicted molar refractivity (Wildman–Crippen MR) is 71.2 cm³/mol. The largest absolute Gasteiger partial charge is 0.417 e. The molecule has 2 fully saturated rings. The lowest BCUT2D eigenvalue weighted by atomic mass is 9.92. The van der Waals surface area contributed by atoms with Crippen LogP contribution >= 0.6 is 0 Å². The van der Waals surface area contributed by atoms with E-state index in [0.29, 0.717) is 26.1 Å². The zero-order chi connectivity index (χ0) is 16.4. The molecule has 1 unspecified atom stereocenters. The molecule has 2 heterocycles. The molecule has 1 N–H and O–H groups in total. The minimum Gasteiger partial charge on any atom is -0.381 e. The van der Waals surface area contributed by atoms with Crippen molar-refractivity contribution in [1.29, 1.82) is 0 Å². The van der Waals surface area contributed by atoms with E-state index in [1.807, 2.05) is 0 Å². The van der Waals surface area contributed by atoms with E-state index in [-0.39, 0.29) is 31.8 Å². The van der Waals surface area contributed by atoms with Crippen LogP contribution in [0.5, 0.6) is 0 Å². The van der Waals surface area contributed by atoms with Crippen molar-refractivity contribution < 1.29 is 32.5 Å². The standard InChI is InChI=1S/C14H22F3NO4/c1-21-12(5-9-22-10-6-12)11(19)18-7-2-3-13(20,4-8-18)14(15,16)17/h20H,2-10H2,1H3. The van der Waals surface area contributed by atoms with E-state index in [9.17, 15) is 23.1 Å². The topological polar surface area (TPSA) is 59.0 Å². The van der Waals surface area contributed by atoms with Crippen LogP contribution < -0.4 is 0 Å². The van der Waals surface area contributed by atoms with Crippen LogP contribution in [0.4, 0.5) is 13.2 Å². The average Bonchev–Trinajstić information content (AvgIpc) is 2.69. The van der Waals surface area contributed by atoms with Crippen LogP contribution in [-0.4, -0.2) is 66.7 Å². The molecule has 22 heavy (non-hydrogen) atoms. The number of ether oxygens (including phenoxy) is 2. The number of carbonyl (C=O) groups excluding carboxylic acids is 1. The number of alkyl halides is 3. The highest BCUT2D eigenvalue weighted by Gasteiger charge is 2.54. The highest BCUT2D eigenvalue weighted by molar-refractivity contribution is 5.85. The summed E-state index contributed by atoms with van der Waals surface area (Å²) in [4.78, 5) is 14.1. The number of hydrogen-bond donors (Lipinski definition) is 1. The Morgan fingerprint density at radius 3 is 2.36 bits per heavy atom. The summed E-state index contributed by atoms with van der Waals surface area (Å²) in [7, 11) is 1.44. The summed E-state index contributed by atoms with van der Waals surface area (Å²) in [5.41, 5.74) is -3.73. The second kappa shape index (κ2) is 6.33. The van der Waals surface area contributed by atoms with E-state index < -0.39 is 23.8 Å². The van der Waals surface area contributed by atoms with Gasteiger partial charge in [-0.15, -0.1) is 0 Å². The zero-order valence-corrected chi connectivity index (χ0v) is 12.6. The van der Waals surface area contributed by atoms with E-state index in [1.54, 1.807) is 0 Å². The molecule has 0 aliphatic carbocycles. The fourth-order valence-electron chi connectivity index (χ4n) is 3.10. The van der Waals surface area contributed by atoms with Crippen LogP contribution in [0.2, 0.25) is 0 Å². The number of methoxy groups -OCH3 is 1. The minimum absolute atomic E-state index is 0.109. The number of carbonyl (C=O) groups is 1. The van der Waals surface area contributed by atoms with Gasteiger partial charge in [-0.3, -0.25) is 4.79 Å². The predicted octanol–water partition coefficient (Wildman–Crippen LogP) is 1.49. The van der Waals surface area contributed by atoms with Crippen molar-refractivity contribution in [2.24, 2.45) is 0 Å². The summed E-state index contributed by atoms with van der Waals surface area (Å²) in [5, 5.41) is 9.80. The molecule has 0 aromatic carbocycles. The molecular weight excluding hydrogens is 303 g/mol. The van der Waals surface area contributed by atoms with E-state index in [2.05, 4.69) is 0 Å². The summed E-state index contributed by atoms with van der Waals surface area (Å²) in [6.07, 6.45) is -4.67. The van der Waals surface area contributed by atoms with Gasteiger partial charge in [-0.05, 0) is 12.8 Å². The second-order valence-corrected chi connectivity index (χ2v) is 5.99. The quantitative estimate of drug-likeness (QED) is 0.836. The summed E-state index contributed by atoms with van der Waals surface area (Å²) in [5.74, 6) is -0.301. The van der Waals surface area contributed by atoms with Gasteiger partial charge in [-0.1, -0.05) is 0 Å². The van der Waals surface area contributed by atoms with Gasteiger partial charge in [-0.25, -0.2) is 0 Å². The average molecular weight is 325 g/mol. The number of halogens is 3. The van der Waals surface area contributed by atoms with Crippen LogP contribution in [0.15, 0.2) is 0 Å². The Morgan fingerprint density at radius 2 is 1.82 bits per heavy atom. The highest BCUT2D eigenvalue weighted by Crippen LogP contribution is 2.39. The molecule has 0 aromatic heterocycles. The Hall–Kier alpha value is -0.860. The number of nitrogens with zero attached hydrogens (tertiary/aromatic N) is 1. The first-order chi connectivity index (χ1) is 10.2. The van der Waals surface area contributed by atoms with Crippen LogP contribution in [-0.2, 0) is 14.3 Å². The normalized spacial score (nSPS) is 30.0. The van der Waals surface area contributed by atoms with Crippen molar-refractivity contribution in [2.45, 2.75) is 49.5 Å². The third kappa shape index (κ3) is 3.23. The van der Waals surface area contributed by atoms with Gasteiger partial charge >= 0.3 is 6.18 Å². The second-order valence-electron chi connectivity index (χ2n) is 5.99. The van der Waals surface area contributed by atoms with Gasteiger partial charge in [0.1, 0.15) is 0 Å².